The van der Waals surface area contributed by atoms with E-state index in [1.165, 1.54) is 0 Å². The molecule has 1 aliphatic heterocycles. The SMILES string of the molecule is CC(C)n1ncc(/N=C2C=C/C(=[N+]3/CCCCC3CO)C=C/2NS(C)(=O)=O)c1N. The molecule has 1 fully saturated rings. The minimum atomic E-state index is -3.51. The maximum atomic E-state index is 11.9. The van der Waals surface area contributed by atoms with Crippen molar-refractivity contribution < 1.29 is 18.1 Å². The highest BCUT2D eigenvalue weighted by molar-refractivity contribution is 7.88. The van der Waals surface area contributed by atoms with Gasteiger partial charge in [0, 0.05) is 31.0 Å². The third-order valence-electron chi connectivity index (χ3n) is 4.99. The number of aliphatic imine (C=N–C) groups is 1. The molecule has 10 heteroatoms. The normalized spacial score (nSPS) is 24.2. The zero-order valence-corrected chi connectivity index (χ0v) is 17.9. The highest BCUT2D eigenvalue weighted by atomic mass is 32.2. The number of aromatic nitrogens is 2. The van der Waals surface area contributed by atoms with Crippen LogP contribution in [0.5, 0.6) is 0 Å². The molecule has 1 aromatic rings. The van der Waals surface area contributed by atoms with Gasteiger partial charge in [-0.25, -0.2) is 22.7 Å². The summed E-state index contributed by atoms with van der Waals surface area (Å²) in [5.41, 5.74) is 8.29. The zero-order chi connectivity index (χ0) is 21.2. The maximum Gasteiger partial charge on any atom is 0.229 e. The summed E-state index contributed by atoms with van der Waals surface area (Å²) in [6.07, 6.45) is 11.1. The van der Waals surface area contributed by atoms with Crippen molar-refractivity contribution in [3.63, 3.8) is 0 Å². The van der Waals surface area contributed by atoms with Gasteiger partial charge in [0.2, 0.25) is 15.7 Å². The number of nitrogens with one attached hydrogen (secondary N) is 1. The largest absolute Gasteiger partial charge is 0.389 e. The molecule has 0 saturated carbocycles. The third-order valence-corrected chi connectivity index (χ3v) is 5.58. The van der Waals surface area contributed by atoms with Crippen LogP contribution in [0.1, 0.15) is 39.2 Å². The van der Waals surface area contributed by atoms with E-state index in [-0.39, 0.29) is 18.7 Å². The van der Waals surface area contributed by atoms with Crippen LogP contribution < -0.4 is 10.5 Å². The molecular formula is C19H29N6O3S+. The van der Waals surface area contributed by atoms with E-state index in [1.54, 1.807) is 23.0 Å². The first-order valence-electron chi connectivity index (χ1n) is 9.73. The molecule has 1 aromatic heterocycles. The molecule has 1 aliphatic carbocycles. The Morgan fingerprint density at radius 3 is 2.79 bits per heavy atom. The number of hydrogen-bond acceptors (Lipinski definition) is 6. The Morgan fingerprint density at radius 2 is 2.17 bits per heavy atom. The van der Waals surface area contributed by atoms with Gasteiger partial charge >= 0.3 is 0 Å². The molecule has 1 atom stereocenters. The van der Waals surface area contributed by atoms with Crippen molar-refractivity contribution in [3.8, 4) is 0 Å². The molecule has 1 unspecified atom stereocenters. The lowest BCUT2D eigenvalue weighted by Gasteiger charge is -2.22. The summed E-state index contributed by atoms with van der Waals surface area (Å²) in [4.78, 5) is 4.55. The molecule has 158 valence electrons. The number of nitrogens with two attached hydrogens (primary N) is 1. The van der Waals surface area contributed by atoms with Gasteiger partial charge in [-0.15, -0.1) is 0 Å². The van der Waals surface area contributed by atoms with Gasteiger partial charge < -0.3 is 10.8 Å². The fourth-order valence-corrected chi connectivity index (χ4v) is 4.16. The molecule has 0 spiro atoms. The standard InChI is InChI=1S/C19H28N6O3S/c1-13(2)25-19(20)18(11-21-25)22-16-8-7-14(10-17(16)23-29(3,27)28)24-9-5-4-6-15(24)12-26/h7-8,10-11,13,15,26H,4-6,9,12H2,1-3H3,(H2,20,21,23)/p+1. The summed E-state index contributed by atoms with van der Waals surface area (Å²) < 4.78 is 30.2. The Bertz CT molecular complexity index is 1000. The van der Waals surface area contributed by atoms with E-state index in [0.717, 1.165) is 37.8 Å². The summed E-state index contributed by atoms with van der Waals surface area (Å²) in [6.45, 7) is 4.81. The molecule has 29 heavy (non-hydrogen) atoms. The van der Waals surface area contributed by atoms with Crippen molar-refractivity contribution in [2.45, 2.75) is 45.2 Å². The summed E-state index contributed by atoms with van der Waals surface area (Å²) >= 11 is 0. The van der Waals surface area contributed by atoms with Crippen molar-refractivity contribution in [2.24, 2.45) is 4.99 Å². The first kappa shape index (κ1) is 21.3. The fraction of sp³-hybridized carbons (Fsp3) is 0.526. The number of hydrogen-bond donors (Lipinski definition) is 3. The predicted molar refractivity (Wildman–Crippen MR) is 114 cm³/mol. The molecule has 9 nitrogen and oxygen atoms in total. The molecule has 3 rings (SSSR count). The quantitative estimate of drug-likeness (QED) is 0.485. The molecule has 2 aliphatic rings. The second-order valence-corrected chi connectivity index (χ2v) is 9.41. The van der Waals surface area contributed by atoms with E-state index in [1.807, 2.05) is 19.9 Å². The van der Waals surface area contributed by atoms with E-state index in [0.29, 0.717) is 22.9 Å². The van der Waals surface area contributed by atoms with Crippen LogP contribution in [0.25, 0.3) is 0 Å². The van der Waals surface area contributed by atoms with Gasteiger partial charge in [0.1, 0.15) is 24.7 Å². The molecule has 0 radical (unpaired) electrons. The second kappa shape index (κ2) is 8.50. The lowest BCUT2D eigenvalue weighted by molar-refractivity contribution is -0.577. The van der Waals surface area contributed by atoms with Crippen molar-refractivity contribution in [2.75, 3.05) is 25.1 Å². The van der Waals surface area contributed by atoms with E-state index >= 15 is 0 Å². The molecule has 1 saturated heterocycles. The van der Waals surface area contributed by atoms with Crippen LogP contribution in [0.2, 0.25) is 0 Å². The Balaban J connectivity index is 2.04. The maximum absolute atomic E-state index is 11.9. The van der Waals surface area contributed by atoms with Crippen molar-refractivity contribution in [1.29, 1.82) is 0 Å². The fourth-order valence-electron chi connectivity index (χ4n) is 3.60. The number of rotatable bonds is 5. The van der Waals surface area contributed by atoms with Gasteiger partial charge in [0.15, 0.2) is 6.04 Å². The van der Waals surface area contributed by atoms with Crippen LogP contribution in [0.3, 0.4) is 0 Å². The van der Waals surface area contributed by atoms with Crippen molar-refractivity contribution in [3.05, 3.63) is 30.1 Å². The zero-order valence-electron chi connectivity index (χ0n) is 17.0. The molecule has 2 heterocycles. The van der Waals surface area contributed by atoms with Crippen LogP contribution in [-0.2, 0) is 10.0 Å². The van der Waals surface area contributed by atoms with Crippen LogP contribution >= 0.6 is 0 Å². The number of aliphatic hydroxyl groups is 1. The Hall–Kier alpha value is -2.46. The lowest BCUT2D eigenvalue weighted by Crippen LogP contribution is -2.39. The Labute approximate surface area is 171 Å². The third kappa shape index (κ3) is 4.94. The molecular weight excluding hydrogens is 392 g/mol. The number of sulfonamides is 1. The number of aliphatic hydroxyl groups excluding tert-OH is 1. The van der Waals surface area contributed by atoms with Crippen molar-refractivity contribution >= 4 is 33.0 Å². The van der Waals surface area contributed by atoms with Crippen LogP contribution in [0.15, 0.2) is 35.1 Å². The highest BCUT2D eigenvalue weighted by Gasteiger charge is 2.28. The minimum absolute atomic E-state index is 0.0255. The van der Waals surface area contributed by atoms with Gasteiger partial charge in [0.05, 0.1) is 23.9 Å². The average molecular weight is 422 g/mol. The topological polar surface area (TPSA) is 126 Å². The average Bonchev–Trinajstić information content (AvgIpc) is 3.02. The van der Waals surface area contributed by atoms with Crippen LogP contribution in [0, 0.1) is 0 Å². The lowest BCUT2D eigenvalue weighted by atomic mass is 10.0. The minimum Gasteiger partial charge on any atom is -0.389 e. The smallest absolute Gasteiger partial charge is 0.229 e. The highest BCUT2D eigenvalue weighted by Crippen LogP contribution is 2.26. The second-order valence-electron chi connectivity index (χ2n) is 7.67. The monoisotopic (exact) mass is 421 g/mol. The van der Waals surface area contributed by atoms with E-state index in [9.17, 15) is 13.5 Å². The van der Waals surface area contributed by atoms with Gasteiger partial charge in [-0.2, -0.15) is 5.10 Å². The number of allylic oxidation sites excluding steroid dienone is 3. The van der Waals surface area contributed by atoms with Gasteiger partial charge in [0.25, 0.3) is 0 Å². The van der Waals surface area contributed by atoms with E-state index in [4.69, 9.17) is 5.73 Å². The van der Waals surface area contributed by atoms with Crippen LogP contribution in [0.4, 0.5) is 11.5 Å². The summed E-state index contributed by atoms with van der Waals surface area (Å²) in [5, 5.41) is 14.0. The summed E-state index contributed by atoms with van der Waals surface area (Å²) in [7, 11) is -3.51. The van der Waals surface area contributed by atoms with Gasteiger partial charge in [-0.1, -0.05) is 0 Å². The first-order chi connectivity index (χ1) is 13.7. The predicted octanol–water partition coefficient (Wildman–Crippen LogP) is 1.12. The number of piperidine rings is 1. The Kier molecular flexibility index (Phi) is 6.23. The summed E-state index contributed by atoms with van der Waals surface area (Å²) in [6, 6.07) is 0.113. The van der Waals surface area contributed by atoms with E-state index < -0.39 is 10.0 Å². The van der Waals surface area contributed by atoms with Crippen LogP contribution in [-0.4, -0.2) is 64.8 Å². The molecule has 0 bridgehead atoms. The van der Waals surface area contributed by atoms with Crippen molar-refractivity contribution in [1.82, 2.24) is 14.5 Å². The molecule has 4 N–H and O–H groups in total. The van der Waals surface area contributed by atoms with Gasteiger partial charge in [-0.05, 0) is 26.3 Å². The van der Waals surface area contributed by atoms with E-state index in [2.05, 4.69) is 19.4 Å². The van der Waals surface area contributed by atoms with Gasteiger partial charge in [-0.3, -0.25) is 4.72 Å². The Morgan fingerprint density at radius 1 is 1.41 bits per heavy atom. The molecule has 0 amide bonds. The number of nitrogen functional groups attached to an aromatic ring is 1. The molecule has 0 aromatic carbocycles. The summed E-state index contributed by atoms with van der Waals surface area (Å²) in [5.74, 6) is 0.422. The number of nitrogens with zero attached hydrogens (tertiary/aromatic N) is 4. The number of anilines is 1. The first-order valence-corrected chi connectivity index (χ1v) is 11.6.